The van der Waals surface area contributed by atoms with Crippen molar-refractivity contribution < 1.29 is 0 Å². The Kier molecular flexibility index (Phi) is 2.62. The van der Waals surface area contributed by atoms with Crippen LogP contribution in [0.2, 0.25) is 0 Å². The molecule has 0 spiro atoms. The summed E-state index contributed by atoms with van der Waals surface area (Å²) in [7, 11) is 0. The number of nitrogens with one attached hydrogen (secondary N) is 1. The molecular formula is C13H17N3. The minimum absolute atomic E-state index is 0.750. The summed E-state index contributed by atoms with van der Waals surface area (Å²) in [5, 5.41) is 3.46. The lowest BCUT2D eigenvalue weighted by molar-refractivity contribution is 0.370. The fourth-order valence-corrected chi connectivity index (χ4v) is 2.51. The number of piperidine rings is 1. The first-order valence-electron chi connectivity index (χ1n) is 6.05. The van der Waals surface area contributed by atoms with Gasteiger partial charge in [-0.1, -0.05) is 6.07 Å². The van der Waals surface area contributed by atoms with Gasteiger partial charge in [-0.15, -0.1) is 0 Å². The molecule has 1 fully saturated rings. The second kappa shape index (κ2) is 4.26. The molecule has 1 atom stereocenters. The molecule has 1 unspecified atom stereocenters. The van der Waals surface area contributed by atoms with Crippen LogP contribution >= 0.6 is 0 Å². The molecule has 0 aromatic carbocycles. The van der Waals surface area contributed by atoms with E-state index in [9.17, 15) is 0 Å². The zero-order chi connectivity index (χ0) is 10.8. The van der Waals surface area contributed by atoms with Gasteiger partial charge >= 0.3 is 0 Å². The number of rotatable bonds is 2. The minimum Gasteiger partial charge on any atom is -0.316 e. The van der Waals surface area contributed by atoms with Gasteiger partial charge in [0.2, 0.25) is 0 Å². The third-order valence-corrected chi connectivity index (χ3v) is 3.39. The van der Waals surface area contributed by atoms with Crippen molar-refractivity contribution in [2.75, 3.05) is 13.1 Å². The number of imidazole rings is 1. The standard InChI is InChI=1S/C13H17N3/c1-2-7-16-12(5-1)10-15-13(16)8-11-4-3-6-14-9-11/h1-2,5,7,10-11,14H,3-4,6,8-9H2. The second-order valence-corrected chi connectivity index (χ2v) is 4.59. The molecule has 3 heteroatoms. The van der Waals surface area contributed by atoms with Crippen molar-refractivity contribution in [3.05, 3.63) is 36.4 Å². The molecule has 0 aliphatic carbocycles. The predicted octanol–water partition coefficient (Wildman–Crippen LogP) is 1.88. The third-order valence-electron chi connectivity index (χ3n) is 3.39. The van der Waals surface area contributed by atoms with Crippen LogP contribution < -0.4 is 5.32 Å². The highest BCUT2D eigenvalue weighted by Crippen LogP contribution is 2.16. The van der Waals surface area contributed by atoms with E-state index in [1.165, 1.54) is 30.7 Å². The van der Waals surface area contributed by atoms with Crippen molar-refractivity contribution >= 4 is 5.52 Å². The summed E-state index contributed by atoms with van der Waals surface area (Å²) in [4.78, 5) is 4.52. The first kappa shape index (κ1) is 9.85. The van der Waals surface area contributed by atoms with E-state index in [0.29, 0.717) is 0 Å². The van der Waals surface area contributed by atoms with E-state index in [4.69, 9.17) is 0 Å². The van der Waals surface area contributed by atoms with Crippen molar-refractivity contribution in [3.8, 4) is 0 Å². The molecular weight excluding hydrogens is 198 g/mol. The van der Waals surface area contributed by atoms with Crippen molar-refractivity contribution in [1.82, 2.24) is 14.7 Å². The molecule has 0 saturated carbocycles. The predicted molar refractivity (Wildman–Crippen MR) is 64.5 cm³/mol. The highest BCUT2D eigenvalue weighted by atomic mass is 15.0. The summed E-state index contributed by atoms with van der Waals surface area (Å²) >= 11 is 0. The van der Waals surface area contributed by atoms with Crippen LogP contribution in [0.25, 0.3) is 5.52 Å². The summed E-state index contributed by atoms with van der Waals surface area (Å²) in [6, 6.07) is 6.23. The first-order valence-corrected chi connectivity index (χ1v) is 6.05. The fraction of sp³-hybridized carbons (Fsp3) is 0.462. The van der Waals surface area contributed by atoms with E-state index in [1.807, 2.05) is 6.20 Å². The maximum absolute atomic E-state index is 4.52. The van der Waals surface area contributed by atoms with Crippen LogP contribution in [-0.2, 0) is 6.42 Å². The van der Waals surface area contributed by atoms with Crippen LogP contribution in [-0.4, -0.2) is 22.5 Å². The number of hydrogen-bond donors (Lipinski definition) is 1. The van der Waals surface area contributed by atoms with Crippen molar-refractivity contribution in [2.24, 2.45) is 5.92 Å². The molecule has 0 radical (unpaired) electrons. The Balaban J connectivity index is 1.83. The van der Waals surface area contributed by atoms with Gasteiger partial charge in [0, 0.05) is 12.6 Å². The van der Waals surface area contributed by atoms with Crippen LogP contribution in [0.15, 0.2) is 30.6 Å². The van der Waals surface area contributed by atoms with Gasteiger partial charge in [0.1, 0.15) is 5.82 Å². The molecule has 2 aromatic heterocycles. The van der Waals surface area contributed by atoms with Gasteiger partial charge in [0.25, 0.3) is 0 Å². The molecule has 1 N–H and O–H groups in total. The average Bonchev–Trinajstić information content (AvgIpc) is 2.74. The molecule has 1 aliphatic heterocycles. The highest BCUT2D eigenvalue weighted by molar-refractivity contribution is 5.45. The number of aromatic nitrogens is 2. The molecule has 3 rings (SSSR count). The normalized spacial score (nSPS) is 21.4. The van der Waals surface area contributed by atoms with Gasteiger partial charge in [0.05, 0.1) is 11.7 Å². The lowest BCUT2D eigenvalue weighted by atomic mass is 9.96. The quantitative estimate of drug-likeness (QED) is 0.828. The molecule has 16 heavy (non-hydrogen) atoms. The van der Waals surface area contributed by atoms with Crippen LogP contribution in [0, 0.1) is 5.92 Å². The number of hydrogen-bond acceptors (Lipinski definition) is 2. The van der Waals surface area contributed by atoms with E-state index in [-0.39, 0.29) is 0 Å². The zero-order valence-corrected chi connectivity index (χ0v) is 9.39. The molecule has 0 amide bonds. The number of fused-ring (bicyclic) bond motifs is 1. The van der Waals surface area contributed by atoms with E-state index in [2.05, 4.69) is 39.1 Å². The smallest absolute Gasteiger partial charge is 0.113 e. The Labute approximate surface area is 95.5 Å². The Morgan fingerprint density at radius 1 is 1.44 bits per heavy atom. The summed E-state index contributed by atoms with van der Waals surface area (Å²) < 4.78 is 2.20. The molecule has 0 bridgehead atoms. The molecule has 2 aromatic rings. The summed E-state index contributed by atoms with van der Waals surface area (Å²) in [6.45, 7) is 2.32. The maximum Gasteiger partial charge on any atom is 0.113 e. The average molecular weight is 215 g/mol. The van der Waals surface area contributed by atoms with Crippen molar-refractivity contribution in [1.29, 1.82) is 0 Å². The van der Waals surface area contributed by atoms with Crippen LogP contribution in [0.3, 0.4) is 0 Å². The van der Waals surface area contributed by atoms with E-state index in [1.54, 1.807) is 0 Å². The second-order valence-electron chi connectivity index (χ2n) is 4.59. The van der Waals surface area contributed by atoms with Crippen LogP contribution in [0.5, 0.6) is 0 Å². The largest absolute Gasteiger partial charge is 0.316 e. The zero-order valence-electron chi connectivity index (χ0n) is 9.39. The summed E-state index contributed by atoms with van der Waals surface area (Å²) in [6.07, 6.45) is 7.79. The molecule has 84 valence electrons. The van der Waals surface area contributed by atoms with Gasteiger partial charge in [-0.3, -0.25) is 0 Å². The Hall–Kier alpha value is -1.35. The Bertz CT molecular complexity index is 469. The number of pyridine rings is 1. The van der Waals surface area contributed by atoms with Gasteiger partial charge < -0.3 is 9.72 Å². The molecule has 1 saturated heterocycles. The van der Waals surface area contributed by atoms with E-state index < -0.39 is 0 Å². The molecule has 1 aliphatic rings. The van der Waals surface area contributed by atoms with Crippen LogP contribution in [0.4, 0.5) is 0 Å². The Morgan fingerprint density at radius 3 is 3.31 bits per heavy atom. The summed E-state index contributed by atoms with van der Waals surface area (Å²) in [5.41, 5.74) is 1.20. The Morgan fingerprint density at radius 2 is 2.44 bits per heavy atom. The number of nitrogens with zero attached hydrogens (tertiary/aromatic N) is 2. The molecule has 3 nitrogen and oxygen atoms in total. The van der Waals surface area contributed by atoms with Gasteiger partial charge in [0.15, 0.2) is 0 Å². The van der Waals surface area contributed by atoms with E-state index >= 15 is 0 Å². The topological polar surface area (TPSA) is 29.3 Å². The lowest BCUT2D eigenvalue weighted by Crippen LogP contribution is -2.31. The van der Waals surface area contributed by atoms with Crippen LogP contribution in [0.1, 0.15) is 18.7 Å². The molecule has 3 heterocycles. The summed E-state index contributed by atoms with van der Waals surface area (Å²) in [5.74, 6) is 1.95. The first-order chi connectivity index (χ1) is 7.93. The van der Waals surface area contributed by atoms with Crippen molar-refractivity contribution in [3.63, 3.8) is 0 Å². The van der Waals surface area contributed by atoms with Gasteiger partial charge in [-0.05, 0) is 44.0 Å². The SMILES string of the molecule is c1ccn2c(CC3CCCNC3)ncc2c1. The highest BCUT2D eigenvalue weighted by Gasteiger charge is 2.15. The lowest BCUT2D eigenvalue weighted by Gasteiger charge is -2.21. The maximum atomic E-state index is 4.52. The van der Waals surface area contributed by atoms with Gasteiger partial charge in [-0.25, -0.2) is 4.98 Å². The van der Waals surface area contributed by atoms with Crippen molar-refractivity contribution in [2.45, 2.75) is 19.3 Å². The fourth-order valence-electron chi connectivity index (χ4n) is 2.51. The van der Waals surface area contributed by atoms with Gasteiger partial charge in [-0.2, -0.15) is 0 Å². The minimum atomic E-state index is 0.750. The monoisotopic (exact) mass is 215 g/mol. The van der Waals surface area contributed by atoms with E-state index in [0.717, 1.165) is 18.9 Å². The third kappa shape index (κ3) is 1.83.